The molecule has 1 heterocycles. The predicted molar refractivity (Wildman–Crippen MR) is 112 cm³/mol. The van der Waals surface area contributed by atoms with E-state index in [2.05, 4.69) is 15.5 Å². The number of halogens is 1. The molecule has 3 aromatic rings. The summed E-state index contributed by atoms with van der Waals surface area (Å²) in [6.45, 7) is 2.01. The monoisotopic (exact) mass is 427 g/mol. The lowest BCUT2D eigenvalue weighted by atomic mass is 10.1. The van der Waals surface area contributed by atoms with E-state index in [9.17, 15) is 9.59 Å². The summed E-state index contributed by atoms with van der Waals surface area (Å²) in [5.74, 6) is -0.0515. The summed E-state index contributed by atoms with van der Waals surface area (Å²) in [5.41, 5.74) is 1.71. The minimum absolute atomic E-state index is 0.00925. The SMILES string of the molecule is CCOC(=O)CCC(=O)NC(Cc1ccccc1)c1nc(-c2cccc(Cl)c2)no1. The molecule has 1 aromatic heterocycles. The summed E-state index contributed by atoms with van der Waals surface area (Å²) in [5, 5.41) is 7.47. The van der Waals surface area contributed by atoms with Crippen molar-refractivity contribution in [1.29, 1.82) is 0 Å². The second kappa shape index (κ2) is 10.5. The van der Waals surface area contributed by atoms with Gasteiger partial charge >= 0.3 is 5.97 Å². The molecule has 0 radical (unpaired) electrons. The zero-order valence-electron chi connectivity index (χ0n) is 16.5. The van der Waals surface area contributed by atoms with E-state index in [1.165, 1.54) is 0 Å². The molecule has 0 fully saturated rings. The van der Waals surface area contributed by atoms with Gasteiger partial charge in [0.25, 0.3) is 0 Å². The van der Waals surface area contributed by atoms with Crippen LogP contribution in [0.2, 0.25) is 5.02 Å². The number of ether oxygens (including phenoxy) is 1. The minimum Gasteiger partial charge on any atom is -0.466 e. The Balaban J connectivity index is 1.76. The Morgan fingerprint density at radius 3 is 2.67 bits per heavy atom. The topological polar surface area (TPSA) is 94.3 Å². The van der Waals surface area contributed by atoms with Crippen molar-refractivity contribution in [3.8, 4) is 11.4 Å². The zero-order chi connectivity index (χ0) is 21.3. The van der Waals surface area contributed by atoms with Crippen molar-refractivity contribution in [2.45, 2.75) is 32.2 Å². The van der Waals surface area contributed by atoms with Crippen LogP contribution in [0.3, 0.4) is 0 Å². The Kier molecular flexibility index (Phi) is 7.57. The van der Waals surface area contributed by atoms with Crippen LogP contribution < -0.4 is 5.32 Å². The number of amides is 1. The summed E-state index contributed by atoms with van der Waals surface area (Å²) in [4.78, 5) is 28.4. The molecule has 0 saturated heterocycles. The molecule has 0 aliphatic rings. The Labute approximate surface area is 179 Å². The van der Waals surface area contributed by atoms with E-state index in [1.807, 2.05) is 36.4 Å². The third-order valence-corrected chi connectivity index (χ3v) is 4.54. The second-order valence-corrected chi connectivity index (χ2v) is 7.02. The summed E-state index contributed by atoms with van der Waals surface area (Å²) in [6.07, 6.45) is 0.484. The molecule has 0 saturated carbocycles. The fourth-order valence-corrected chi connectivity index (χ4v) is 3.08. The van der Waals surface area contributed by atoms with Crippen molar-refractivity contribution in [1.82, 2.24) is 15.5 Å². The molecule has 1 unspecified atom stereocenters. The van der Waals surface area contributed by atoms with E-state index in [-0.39, 0.29) is 31.2 Å². The lowest BCUT2D eigenvalue weighted by Gasteiger charge is -2.15. The van der Waals surface area contributed by atoms with Gasteiger partial charge in [-0.2, -0.15) is 4.98 Å². The van der Waals surface area contributed by atoms with Gasteiger partial charge in [0.2, 0.25) is 17.6 Å². The summed E-state index contributed by atoms with van der Waals surface area (Å²) in [7, 11) is 0. The fourth-order valence-electron chi connectivity index (χ4n) is 2.89. The van der Waals surface area contributed by atoms with Gasteiger partial charge in [0.1, 0.15) is 6.04 Å². The molecule has 7 nitrogen and oxygen atoms in total. The van der Waals surface area contributed by atoms with E-state index >= 15 is 0 Å². The number of carbonyl (C=O) groups is 2. The Hall–Kier alpha value is -3.19. The number of nitrogens with one attached hydrogen (secondary N) is 1. The highest BCUT2D eigenvalue weighted by Crippen LogP contribution is 2.23. The van der Waals surface area contributed by atoms with Gasteiger partial charge in [-0.3, -0.25) is 9.59 Å². The average Bonchev–Trinajstić information content (AvgIpc) is 3.23. The first-order chi connectivity index (χ1) is 14.5. The maximum Gasteiger partial charge on any atom is 0.306 e. The smallest absolute Gasteiger partial charge is 0.306 e. The summed E-state index contributed by atoms with van der Waals surface area (Å²) < 4.78 is 10.3. The lowest BCUT2D eigenvalue weighted by Crippen LogP contribution is -2.30. The normalized spacial score (nSPS) is 11.7. The van der Waals surface area contributed by atoms with Crippen LogP contribution >= 0.6 is 11.6 Å². The Bertz CT molecular complexity index is 991. The molecule has 3 rings (SSSR count). The number of carbonyl (C=O) groups excluding carboxylic acids is 2. The molecule has 1 amide bonds. The van der Waals surface area contributed by atoms with Crippen molar-refractivity contribution < 1.29 is 18.8 Å². The number of esters is 1. The largest absolute Gasteiger partial charge is 0.466 e. The van der Waals surface area contributed by atoms with Crippen LogP contribution in [0.4, 0.5) is 0 Å². The molecule has 30 heavy (non-hydrogen) atoms. The van der Waals surface area contributed by atoms with Gasteiger partial charge in [0, 0.05) is 23.4 Å². The minimum atomic E-state index is -0.539. The van der Waals surface area contributed by atoms with Crippen LogP contribution in [-0.2, 0) is 20.7 Å². The standard InChI is InChI=1S/C22H22ClN3O4/c1-2-29-20(28)12-11-19(27)24-18(13-15-7-4-3-5-8-15)22-25-21(26-30-22)16-9-6-10-17(23)14-16/h3-10,14,18H,2,11-13H2,1H3,(H,24,27). The van der Waals surface area contributed by atoms with Gasteiger partial charge in [-0.15, -0.1) is 0 Å². The Morgan fingerprint density at radius 1 is 1.13 bits per heavy atom. The second-order valence-electron chi connectivity index (χ2n) is 6.58. The zero-order valence-corrected chi connectivity index (χ0v) is 17.3. The Morgan fingerprint density at radius 2 is 1.93 bits per heavy atom. The van der Waals surface area contributed by atoms with E-state index in [0.29, 0.717) is 22.8 Å². The van der Waals surface area contributed by atoms with Crippen LogP contribution in [0.1, 0.15) is 37.3 Å². The molecule has 8 heteroatoms. The summed E-state index contributed by atoms with van der Waals surface area (Å²) >= 11 is 6.04. The van der Waals surface area contributed by atoms with Crippen LogP contribution in [0.15, 0.2) is 59.1 Å². The van der Waals surface area contributed by atoms with E-state index in [0.717, 1.165) is 5.56 Å². The van der Waals surface area contributed by atoms with Crippen LogP contribution in [0, 0.1) is 0 Å². The van der Waals surface area contributed by atoms with Crippen molar-refractivity contribution in [2.24, 2.45) is 0 Å². The van der Waals surface area contributed by atoms with E-state index < -0.39 is 12.0 Å². The van der Waals surface area contributed by atoms with Crippen molar-refractivity contribution >= 4 is 23.5 Å². The first-order valence-corrected chi connectivity index (χ1v) is 10.0. The van der Waals surface area contributed by atoms with E-state index in [1.54, 1.807) is 25.1 Å². The van der Waals surface area contributed by atoms with Crippen LogP contribution in [0.5, 0.6) is 0 Å². The van der Waals surface area contributed by atoms with Crippen LogP contribution in [-0.4, -0.2) is 28.6 Å². The molecule has 0 aliphatic carbocycles. The van der Waals surface area contributed by atoms with Gasteiger partial charge in [0.05, 0.1) is 13.0 Å². The molecular formula is C22H22ClN3O4. The number of rotatable bonds is 9. The molecule has 0 aliphatic heterocycles. The number of nitrogens with zero attached hydrogens (tertiary/aromatic N) is 2. The number of hydrogen-bond acceptors (Lipinski definition) is 6. The van der Waals surface area contributed by atoms with Crippen LogP contribution in [0.25, 0.3) is 11.4 Å². The molecule has 2 aromatic carbocycles. The number of aromatic nitrogens is 2. The molecule has 0 spiro atoms. The highest BCUT2D eigenvalue weighted by Gasteiger charge is 2.23. The average molecular weight is 428 g/mol. The van der Waals surface area contributed by atoms with Gasteiger partial charge in [-0.25, -0.2) is 0 Å². The lowest BCUT2D eigenvalue weighted by molar-refractivity contribution is -0.144. The van der Waals surface area contributed by atoms with Crippen molar-refractivity contribution in [2.75, 3.05) is 6.61 Å². The first-order valence-electron chi connectivity index (χ1n) is 9.63. The molecule has 156 valence electrons. The quantitative estimate of drug-likeness (QED) is 0.516. The maximum absolute atomic E-state index is 12.4. The van der Waals surface area contributed by atoms with Gasteiger partial charge in [-0.1, -0.05) is 59.2 Å². The van der Waals surface area contributed by atoms with E-state index in [4.69, 9.17) is 20.9 Å². The van der Waals surface area contributed by atoms with Gasteiger partial charge < -0.3 is 14.6 Å². The number of hydrogen-bond donors (Lipinski definition) is 1. The summed E-state index contributed by atoms with van der Waals surface area (Å²) in [6, 6.07) is 16.2. The van der Waals surface area contributed by atoms with Gasteiger partial charge in [-0.05, 0) is 24.6 Å². The molecular weight excluding hydrogens is 406 g/mol. The highest BCUT2D eigenvalue weighted by molar-refractivity contribution is 6.30. The third kappa shape index (κ3) is 6.15. The first kappa shape index (κ1) is 21.5. The molecule has 0 bridgehead atoms. The number of benzene rings is 2. The highest BCUT2D eigenvalue weighted by atomic mass is 35.5. The van der Waals surface area contributed by atoms with Crippen molar-refractivity contribution in [3.63, 3.8) is 0 Å². The predicted octanol–water partition coefficient (Wildman–Crippen LogP) is 4.13. The maximum atomic E-state index is 12.4. The molecule has 1 atom stereocenters. The third-order valence-electron chi connectivity index (χ3n) is 4.30. The van der Waals surface area contributed by atoms with Gasteiger partial charge in [0.15, 0.2) is 0 Å². The van der Waals surface area contributed by atoms with Crippen molar-refractivity contribution in [3.05, 3.63) is 71.1 Å². The molecule has 1 N–H and O–H groups in total. The fraction of sp³-hybridized carbons (Fsp3) is 0.273.